The molecule has 0 bridgehead atoms. The van der Waals surface area contributed by atoms with E-state index in [9.17, 15) is 9.59 Å². The molecule has 0 radical (unpaired) electrons. The van der Waals surface area contributed by atoms with E-state index in [1.54, 1.807) is 0 Å². The third-order valence-corrected chi connectivity index (χ3v) is 5.30. The third kappa shape index (κ3) is 6.73. The second kappa shape index (κ2) is 10.2. The number of benzene rings is 2. The van der Waals surface area contributed by atoms with Gasteiger partial charge in [-0.15, -0.1) is 11.8 Å². The quantitative estimate of drug-likeness (QED) is 0.677. The van der Waals surface area contributed by atoms with Crippen molar-refractivity contribution in [2.45, 2.75) is 31.2 Å². The summed E-state index contributed by atoms with van der Waals surface area (Å²) in [4.78, 5) is 24.9. The maximum absolute atomic E-state index is 12.4. The monoisotopic (exact) mass is 390 g/mol. The van der Waals surface area contributed by atoms with E-state index in [0.717, 1.165) is 22.4 Å². The molecule has 0 fully saturated rings. The van der Waals surface area contributed by atoms with Gasteiger partial charge in [0, 0.05) is 29.1 Å². The van der Waals surface area contributed by atoms with Gasteiger partial charge >= 0.3 is 0 Å². The Morgan fingerprint density at radius 2 is 1.88 bits per heavy atom. The molecule has 1 atom stereocenters. The second-order valence-electron chi connectivity index (χ2n) is 6.00. The fourth-order valence-electron chi connectivity index (χ4n) is 2.37. The normalized spacial score (nSPS) is 11.7. The van der Waals surface area contributed by atoms with E-state index in [-0.39, 0.29) is 11.8 Å². The maximum Gasteiger partial charge on any atom is 0.243 e. The minimum Gasteiger partial charge on any atom is -0.354 e. The van der Waals surface area contributed by atoms with Crippen molar-refractivity contribution < 1.29 is 9.59 Å². The molecule has 6 heteroatoms. The van der Waals surface area contributed by atoms with Crippen molar-refractivity contribution in [2.24, 2.45) is 0 Å². The Bertz CT molecular complexity index is 753. The lowest BCUT2D eigenvalue weighted by atomic mass is 10.1. The Morgan fingerprint density at radius 1 is 1.15 bits per heavy atom. The van der Waals surface area contributed by atoms with Crippen molar-refractivity contribution in [1.82, 2.24) is 10.6 Å². The highest BCUT2D eigenvalue weighted by Gasteiger charge is 2.19. The molecule has 2 amide bonds. The van der Waals surface area contributed by atoms with Gasteiger partial charge in [-0.3, -0.25) is 9.59 Å². The molecule has 2 rings (SSSR count). The first-order valence-corrected chi connectivity index (χ1v) is 9.80. The standard InChI is InChI=1S/C20H23ClN2O2S/c1-14-8-9-17(12-18(14)21)26-13-19(23-15(2)24)20(25)22-11-10-16-6-4-3-5-7-16/h3-9,12,19H,10-11,13H2,1-2H3,(H,22,25)(H,23,24). The van der Waals surface area contributed by atoms with Crippen molar-refractivity contribution in [2.75, 3.05) is 12.3 Å². The van der Waals surface area contributed by atoms with Crippen molar-refractivity contribution in [1.29, 1.82) is 0 Å². The largest absolute Gasteiger partial charge is 0.354 e. The predicted molar refractivity (Wildman–Crippen MR) is 108 cm³/mol. The predicted octanol–water partition coefficient (Wildman–Crippen LogP) is 3.60. The molecule has 4 nitrogen and oxygen atoms in total. The third-order valence-electron chi connectivity index (χ3n) is 3.81. The van der Waals surface area contributed by atoms with Crippen LogP contribution in [0.1, 0.15) is 18.1 Å². The molecule has 0 spiro atoms. The van der Waals surface area contributed by atoms with E-state index in [0.29, 0.717) is 17.3 Å². The summed E-state index contributed by atoms with van der Waals surface area (Å²) in [6, 6.07) is 15.1. The van der Waals surface area contributed by atoms with Crippen LogP contribution in [-0.4, -0.2) is 30.2 Å². The van der Waals surface area contributed by atoms with Crippen LogP contribution in [-0.2, 0) is 16.0 Å². The van der Waals surface area contributed by atoms with E-state index in [1.165, 1.54) is 18.7 Å². The molecule has 0 heterocycles. The number of carbonyl (C=O) groups is 2. The molecular formula is C20H23ClN2O2S. The summed E-state index contributed by atoms with van der Waals surface area (Å²) >= 11 is 7.63. The summed E-state index contributed by atoms with van der Waals surface area (Å²) in [5.41, 5.74) is 2.17. The van der Waals surface area contributed by atoms with Crippen LogP contribution in [0.4, 0.5) is 0 Å². The number of amides is 2. The molecule has 138 valence electrons. The Balaban J connectivity index is 1.89. The average molecular weight is 391 g/mol. The SMILES string of the molecule is CC(=O)NC(CSc1ccc(C)c(Cl)c1)C(=O)NCCc1ccccc1. The molecule has 26 heavy (non-hydrogen) atoms. The highest BCUT2D eigenvalue weighted by Crippen LogP contribution is 2.25. The van der Waals surface area contributed by atoms with Gasteiger partial charge < -0.3 is 10.6 Å². The van der Waals surface area contributed by atoms with Crippen LogP contribution < -0.4 is 10.6 Å². The Kier molecular flexibility index (Phi) is 8.01. The van der Waals surface area contributed by atoms with Crippen LogP contribution >= 0.6 is 23.4 Å². The van der Waals surface area contributed by atoms with Crippen molar-refractivity contribution in [3.05, 3.63) is 64.7 Å². The number of hydrogen-bond donors (Lipinski definition) is 2. The summed E-state index contributed by atoms with van der Waals surface area (Å²) in [5.74, 6) is 0.0356. The van der Waals surface area contributed by atoms with Gasteiger partial charge in [-0.2, -0.15) is 0 Å². The summed E-state index contributed by atoms with van der Waals surface area (Å²) in [7, 11) is 0. The molecule has 0 saturated heterocycles. The van der Waals surface area contributed by atoms with Crippen molar-refractivity contribution in [3.8, 4) is 0 Å². The van der Waals surface area contributed by atoms with Crippen molar-refractivity contribution >= 4 is 35.2 Å². The summed E-state index contributed by atoms with van der Waals surface area (Å²) in [5, 5.41) is 6.31. The number of thioether (sulfide) groups is 1. The van der Waals surface area contributed by atoms with Gasteiger partial charge in [0.15, 0.2) is 0 Å². The number of rotatable bonds is 8. The summed E-state index contributed by atoms with van der Waals surface area (Å²) in [6.45, 7) is 3.88. The molecule has 0 aliphatic carbocycles. The Hall–Kier alpha value is -1.98. The first-order chi connectivity index (χ1) is 12.5. The van der Waals surface area contributed by atoms with Gasteiger partial charge in [0.2, 0.25) is 11.8 Å². The average Bonchev–Trinajstić information content (AvgIpc) is 2.62. The molecule has 1 unspecified atom stereocenters. The van der Waals surface area contributed by atoms with Crippen molar-refractivity contribution in [3.63, 3.8) is 0 Å². The highest BCUT2D eigenvalue weighted by atomic mass is 35.5. The lowest BCUT2D eigenvalue weighted by Crippen LogP contribution is -2.48. The van der Waals surface area contributed by atoms with Crippen LogP contribution in [0.15, 0.2) is 53.4 Å². The topological polar surface area (TPSA) is 58.2 Å². The van der Waals surface area contributed by atoms with Gasteiger partial charge in [0.05, 0.1) is 0 Å². The van der Waals surface area contributed by atoms with Crippen LogP contribution in [0.3, 0.4) is 0 Å². The molecular weight excluding hydrogens is 368 g/mol. The zero-order valence-electron chi connectivity index (χ0n) is 14.9. The number of carbonyl (C=O) groups excluding carboxylic acids is 2. The Morgan fingerprint density at radius 3 is 2.54 bits per heavy atom. The van der Waals surface area contributed by atoms with Crippen LogP contribution in [0.2, 0.25) is 5.02 Å². The van der Waals surface area contributed by atoms with E-state index in [2.05, 4.69) is 10.6 Å². The zero-order chi connectivity index (χ0) is 18.9. The second-order valence-corrected chi connectivity index (χ2v) is 7.50. The first kappa shape index (κ1) is 20.3. The Labute approximate surface area is 163 Å². The van der Waals surface area contributed by atoms with E-state index < -0.39 is 6.04 Å². The van der Waals surface area contributed by atoms with E-state index >= 15 is 0 Å². The van der Waals surface area contributed by atoms with Gasteiger partial charge in [0.25, 0.3) is 0 Å². The van der Waals surface area contributed by atoms with Crippen LogP contribution in [0.5, 0.6) is 0 Å². The zero-order valence-corrected chi connectivity index (χ0v) is 16.5. The molecule has 0 aliphatic heterocycles. The fraction of sp³-hybridized carbons (Fsp3) is 0.300. The molecule has 0 saturated carbocycles. The maximum atomic E-state index is 12.4. The summed E-state index contributed by atoms with van der Waals surface area (Å²) in [6.07, 6.45) is 0.750. The summed E-state index contributed by atoms with van der Waals surface area (Å²) < 4.78 is 0. The number of halogens is 1. The van der Waals surface area contributed by atoms with Gasteiger partial charge in [0.1, 0.15) is 6.04 Å². The van der Waals surface area contributed by atoms with Gasteiger partial charge in [-0.05, 0) is 36.6 Å². The van der Waals surface area contributed by atoms with Gasteiger partial charge in [-0.1, -0.05) is 48.0 Å². The minimum atomic E-state index is -0.589. The molecule has 0 aromatic heterocycles. The molecule has 2 aromatic carbocycles. The minimum absolute atomic E-state index is 0.179. The van der Waals surface area contributed by atoms with Crippen LogP contribution in [0, 0.1) is 6.92 Å². The number of aryl methyl sites for hydroxylation is 1. The molecule has 2 aromatic rings. The molecule has 0 aliphatic rings. The van der Waals surface area contributed by atoms with Crippen LogP contribution in [0.25, 0.3) is 0 Å². The number of hydrogen-bond acceptors (Lipinski definition) is 3. The smallest absolute Gasteiger partial charge is 0.243 e. The van der Waals surface area contributed by atoms with Gasteiger partial charge in [-0.25, -0.2) is 0 Å². The lowest BCUT2D eigenvalue weighted by Gasteiger charge is -2.17. The van der Waals surface area contributed by atoms with E-state index in [4.69, 9.17) is 11.6 Å². The highest BCUT2D eigenvalue weighted by molar-refractivity contribution is 7.99. The fourth-order valence-corrected chi connectivity index (χ4v) is 3.57. The number of nitrogens with one attached hydrogen (secondary N) is 2. The lowest BCUT2D eigenvalue weighted by molar-refractivity contribution is -0.127. The first-order valence-electron chi connectivity index (χ1n) is 8.43. The molecule has 2 N–H and O–H groups in total. The van der Waals surface area contributed by atoms with E-state index in [1.807, 2.05) is 55.5 Å².